The first-order valence-corrected chi connectivity index (χ1v) is 5.53. The summed E-state index contributed by atoms with van der Waals surface area (Å²) in [5, 5.41) is 11.4. The summed E-state index contributed by atoms with van der Waals surface area (Å²) in [6.45, 7) is 1.70. The number of carboxylic acid groups (broad SMARTS) is 1. The van der Waals surface area contributed by atoms with Gasteiger partial charge in [0.05, 0.1) is 18.9 Å². The second-order valence-corrected chi connectivity index (χ2v) is 4.42. The van der Waals surface area contributed by atoms with Crippen LogP contribution in [0.4, 0.5) is 0 Å². The van der Waals surface area contributed by atoms with Gasteiger partial charge >= 0.3 is 11.9 Å². The molecule has 1 fully saturated rings. The molecule has 0 spiro atoms. The molecule has 96 valence electrons. The van der Waals surface area contributed by atoms with Crippen LogP contribution >= 0.6 is 0 Å². The smallest absolute Gasteiger partial charge is 0.325 e. The third kappa shape index (κ3) is 3.44. The van der Waals surface area contributed by atoms with E-state index in [0.29, 0.717) is 12.8 Å². The quantitative estimate of drug-likeness (QED) is 0.679. The number of carboxylic acids is 1. The van der Waals surface area contributed by atoms with Crippen LogP contribution in [0.25, 0.3) is 0 Å². The van der Waals surface area contributed by atoms with Crippen molar-refractivity contribution in [2.24, 2.45) is 17.8 Å². The first-order chi connectivity index (χ1) is 7.95. The number of rotatable bonds is 4. The second-order valence-electron chi connectivity index (χ2n) is 4.42. The normalized spacial score (nSPS) is 27.5. The summed E-state index contributed by atoms with van der Waals surface area (Å²) < 4.78 is 4.39. The molecule has 0 bridgehead atoms. The van der Waals surface area contributed by atoms with Crippen LogP contribution in [0.5, 0.6) is 0 Å². The van der Waals surface area contributed by atoms with Crippen molar-refractivity contribution in [3.63, 3.8) is 0 Å². The predicted molar refractivity (Wildman–Crippen MR) is 58.0 cm³/mol. The molecule has 0 aromatic rings. The summed E-state index contributed by atoms with van der Waals surface area (Å²) >= 11 is 0. The Hall–Kier alpha value is -1.59. The number of aliphatic carboxylic acids is 1. The molecule has 3 atom stereocenters. The number of methoxy groups -OCH3 is 1. The fraction of sp³-hybridized carbons (Fsp3) is 0.727. The van der Waals surface area contributed by atoms with Gasteiger partial charge in [0.15, 0.2) is 0 Å². The predicted octanol–water partition coefficient (Wildman–Crippen LogP) is 0.0225. The molecule has 0 aliphatic heterocycles. The molecular formula is C11H17NO5. The largest absolute Gasteiger partial charge is 0.481 e. The molecule has 3 unspecified atom stereocenters. The van der Waals surface area contributed by atoms with Crippen LogP contribution in [0, 0.1) is 17.8 Å². The molecule has 1 aliphatic rings. The third-order valence-corrected chi connectivity index (χ3v) is 3.09. The number of hydrogen-bond donors (Lipinski definition) is 2. The van der Waals surface area contributed by atoms with Crippen LogP contribution in [-0.2, 0) is 19.1 Å². The van der Waals surface area contributed by atoms with Gasteiger partial charge in [-0.2, -0.15) is 0 Å². The zero-order valence-corrected chi connectivity index (χ0v) is 9.93. The topological polar surface area (TPSA) is 92.7 Å². The highest BCUT2D eigenvalue weighted by Crippen LogP contribution is 2.36. The number of hydrogen-bond acceptors (Lipinski definition) is 4. The number of ether oxygens (including phenoxy) is 1. The summed E-state index contributed by atoms with van der Waals surface area (Å²) in [5.41, 5.74) is 0. The van der Waals surface area contributed by atoms with Crippen LogP contribution in [0.15, 0.2) is 0 Å². The molecule has 0 saturated heterocycles. The highest BCUT2D eigenvalue weighted by molar-refractivity contribution is 5.87. The summed E-state index contributed by atoms with van der Waals surface area (Å²) in [6.07, 6.45) is 1.05. The third-order valence-electron chi connectivity index (χ3n) is 3.09. The lowest BCUT2D eigenvalue weighted by atomic mass is 9.95. The van der Waals surface area contributed by atoms with Crippen LogP contribution in [0.3, 0.4) is 0 Å². The molecule has 1 aliphatic carbocycles. The molecule has 2 N–H and O–H groups in total. The number of carbonyl (C=O) groups is 3. The summed E-state index contributed by atoms with van der Waals surface area (Å²) in [4.78, 5) is 33.6. The van der Waals surface area contributed by atoms with Gasteiger partial charge in [0, 0.05) is 0 Å². The maximum atomic E-state index is 11.7. The Morgan fingerprint density at radius 3 is 2.41 bits per heavy atom. The number of nitrogens with one attached hydrogen (secondary N) is 1. The van der Waals surface area contributed by atoms with Gasteiger partial charge in [0.25, 0.3) is 0 Å². The summed E-state index contributed by atoms with van der Waals surface area (Å²) in [5.74, 6) is -2.87. The molecule has 1 rings (SSSR count). The van der Waals surface area contributed by atoms with Crippen molar-refractivity contribution in [2.75, 3.05) is 13.7 Å². The molecule has 1 saturated carbocycles. The number of carbonyl (C=O) groups excluding carboxylic acids is 2. The highest BCUT2D eigenvalue weighted by Gasteiger charge is 2.41. The van der Waals surface area contributed by atoms with Crippen LogP contribution in [0.2, 0.25) is 0 Å². The van der Waals surface area contributed by atoms with E-state index in [1.54, 1.807) is 0 Å². The van der Waals surface area contributed by atoms with E-state index in [1.165, 1.54) is 7.11 Å². The van der Waals surface area contributed by atoms with Gasteiger partial charge in [0.2, 0.25) is 5.91 Å². The molecule has 0 aromatic heterocycles. The van der Waals surface area contributed by atoms with Gasteiger partial charge in [-0.15, -0.1) is 0 Å². The van der Waals surface area contributed by atoms with E-state index in [0.717, 1.165) is 0 Å². The lowest BCUT2D eigenvalue weighted by molar-refractivity contribution is -0.146. The van der Waals surface area contributed by atoms with Gasteiger partial charge in [-0.05, 0) is 18.8 Å². The van der Waals surface area contributed by atoms with Crippen molar-refractivity contribution in [3.8, 4) is 0 Å². The zero-order chi connectivity index (χ0) is 13.0. The Morgan fingerprint density at radius 2 is 1.88 bits per heavy atom. The minimum Gasteiger partial charge on any atom is -0.481 e. The Morgan fingerprint density at radius 1 is 1.29 bits per heavy atom. The average Bonchev–Trinajstić information content (AvgIpc) is 2.67. The SMILES string of the molecule is COC(=O)CNC(=O)C1CC(C)CC1C(=O)O. The summed E-state index contributed by atoms with van der Waals surface area (Å²) in [7, 11) is 1.23. The first kappa shape index (κ1) is 13.5. The molecule has 6 nitrogen and oxygen atoms in total. The lowest BCUT2D eigenvalue weighted by Gasteiger charge is -2.14. The van der Waals surface area contributed by atoms with E-state index in [2.05, 4.69) is 10.1 Å². The van der Waals surface area contributed by atoms with E-state index in [1.807, 2.05) is 6.92 Å². The summed E-state index contributed by atoms with van der Waals surface area (Å²) in [6, 6.07) is 0. The van der Waals surface area contributed by atoms with Gasteiger partial charge in [0.1, 0.15) is 6.54 Å². The molecular weight excluding hydrogens is 226 g/mol. The van der Waals surface area contributed by atoms with Crippen LogP contribution < -0.4 is 5.32 Å². The van der Waals surface area contributed by atoms with Crippen LogP contribution in [0.1, 0.15) is 19.8 Å². The first-order valence-electron chi connectivity index (χ1n) is 5.53. The average molecular weight is 243 g/mol. The monoisotopic (exact) mass is 243 g/mol. The second kappa shape index (κ2) is 5.65. The molecule has 17 heavy (non-hydrogen) atoms. The van der Waals surface area contributed by atoms with E-state index in [-0.39, 0.29) is 18.4 Å². The fourth-order valence-electron chi connectivity index (χ4n) is 2.22. The molecule has 0 aromatic carbocycles. The van der Waals surface area contributed by atoms with Crippen molar-refractivity contribution >= 4 is 17.8 Å². The van der Waals surface area contributed by atoms with E-state index in [4.69, 9.17) is 5.11 Å². The Bertz CT molecular complexity index is 328. The molecule has 6 heteroatoms. The van der Waals surface area contributed by atoms with Gasteiger partial charge < -0.3 is 15.2 Å². The maximum absolute atomic E-state index is 11.7. The van der Waals surface area contributed by atoms with Gasteiger partial charge in [-0.1, -0.05) is 6.92 Å². The zero-order valence-electron chi connectivity index (χ0n) is 9.93. The highest BCUT2D eigenvalue weighted by atomic mass is 16.5. The van der Waals surface area contributed by atoms with E-state index in [9.17, 15) is 14.4 Å². The van der Waals surface area contributed by atoms with Crippen molar-refractivity contribution in [1.82, 2.24) is 5.32 Å². The van der Waals surface area contributed by atoms with Crippen molar-refractivity contribution in [1.29, 1.82) is 0 Å². The van der Waals surface area contributed by atoms with Crippen LogP contribution in [-0.4, -0.2) is 36.6 Å². The van der Waals surface area contributed by atoms with E-state index >= 15 is 0 Å². The Kier molecular flexibility index (Phi) is 4.48. The van der Waals surface area contributed by atoms with Gasteiger partial charge in [-0.25, -0.2) is 0 Å². The number of esters is 1. The number of amides is 1. The van der Waals surface area contributed by atoms with Crippen molar-refractivity contribution in [2.45, 2.75) is 19.8 Å². The fourth-order valence-corrected chi connectivity index (χ4v) is 2.22. The van der Waals surface area contributed by atoms with Gasteiger partial charge in [-0.3, -0.25) is 14.4 Å². The molecule has 1 amide bonds. The van der Waals surface area contributed by atoms with Crippen molar-refractivity contribution < 1.29 is 24.2 Å². The Balaban J connectivity index is 2.55. The standard InChI is InChI=1S/C11H17NO5/c1-6-3-7(8(4-6)11(15)16)10(14)12-5-9(13)17-2/h6-8H,3-5H2,1-2H3,(H,12,14)(H,15,16). The van der Waals surface area contributed by atoms with E-state index < -0.39 is 23.8 Å². The maximum Gasteiger partial charge on any atom is 0.325 e. The molecule has 0 heterocycles. The minimum atomic E-state index is -0.951. The van der Waals surface area contributed by atoms with Crippen molar-refractivity contribution in [3.05, 3.63) is 0 Å². The molecule has 0 radical (unpaired) electrons. The minimum absolute atomic E-state index is 0.213. The Labute approximate surface area is 99.3 Å². The lowest BCUT2D eigenvalue weighted by Crippen LogP contribution is -2.38.